The first-order valence-electron chi connectivity index (χ1n) is 5.08. The third-order valence-corrected chi connectivity index (χ3v) is 2.16. The Morgan fingerprint density at radius 3 is 2.67 bits per heavy atom. The standard InChI is InChI=1S/C12H10N2O4/c1-17-12(16)10-9(7-13-14-11(10)15)18-8-5-3-2-4-6-8/h2-7H,1H3,(H,14,15). The van der Waals surface area contributed by atoms with Gasteiger partial charge >= 0.3 is 5.97 Å². The molecule has 0 spiro atoms. The second-order valence-corrected chi connectivity index (χ2v) is 3.31. The lowest BCUT2D eigenvalue weighted by atomic mass is 10.2. The maximum Gasteiger partial charge on any atom is 0.347 e. The van der Waals surface area contributed by atoms with Gasteiger partial charge < -0.3 is 14.6 Å². The van der Waals surface area contributed by atoms with E-state index in [0.29, 0.717) is 5.75 Å². The minimum atomic E-state index is -0.742. The van der Waals surface area contributed by atoms with Crippen molar-refractivity contribution in [3.8, 4) is 17.4 Å². The van der Waals surface area contributed by atoms with Crippen LogP contribution in [0.2, 0.25) is 0 Å². The minimum Gasteiger partial charge on any atom is -0.491 e. The van der Waals surface area contributed by atoms with Gasteiger partial charge in [-0.2, -0.15) is 5.10 Å². The summed E-state index contributed by atoms with van der Waals surface area (Å²) < 4.78 is 10.00. The van der Waals surface area contributed by atoms with Gasteiger partial charge in [0, 0.05) is 0 Å². The largest absolute Gasteiger partial charge is 0.491 e. The number of nitrogens with zero attached hydrogens (tertiary/aromatic N) is 2. The van der Waals surface area contributed by atoms with Crippen molar-refractivity contribution in [2.45, 2.75) is 0 Å². The SMILES string of the molecule is COC(=O)c1c(Oc2ccccc2)cnnc1O. The first kappa shape index (κ1) is 11.8. The Morgan fingerprint density at radius 1 is 1.28 bits per heavy atom. The van der Waals surface area contributed by atoms with Crippen molar-refractivity contribution < 1.29 is 19.4 Å². The van der Waals surface area contributed by atoms with Crippen molar-refractivity contribution in [3.63, 3.8) is 0 Å². The lowest BCUT2D eigenvalue weighted by molar-refractivity contribution is 0.0593. The number of aromatic hydroxyl groups is 1. The monoisotopic (exact) mass is 246 g/mol. The van der Waals surface area contributed by atoms with Crippen molar-refractivity contribution in [1.29, 1.82) is 0 Å². The number of benzene rings is 1. The molecule has 1 N–H and O–H groups in total. The zero-order valence-corrected chi connectivity index (χ0v) is 9.53. The number of methoxy groups -OCH3 is 1. The fraction of sp³-hybridized carbons (Fsp3) is 0.0833. The molecule has 6 nitrogen and oxygen atoms in total. The van der Waals surface area contributed by atoms with Gasteiger partial charge in [-0.3, -0.25) is 0 Å². The molecule has 0 fully saturated rings. The van der Waals surface area contributed by atoms with E-state index in [9.17, 15) is 9.90 Å². The Labute approximate surface area is 103 Å². The molecule has 0 unspecified atom stereocenters. The molecule has 0 saturated carbocycles. The van der Waals surface area contributed by atoms with E-state index >= 15 is 0 Å². The molecule has 92 valence electrons. The van der Waals surface area contributed by atoms with Crippen LogP contribution in [0.5, 0.6) is 17.4 Å². The van der Waals surface area contributed by atoms with E-state index in [-0.39, 0.29) is 11.3 Å². The van der Waals surface area contributed by atoms with Crippen LogP contribution in [-0.4, -0.2) is 28.4 Å². The average Bonchev–Trinajstić information content (AvgIpc) is 2.39. The summed E-state index contributed by atoms with van der Waals surface area (Å²) in [5.74, 6) is -0.681. The second-order valence-electron chi connectivity index (χ2n) is 3.31. The molecule has 1 heterocycles. The number of hydrogen-bond donors (Lipinski definition) is 1. The van der Waals surface area contributed by atoms with E-state index in [1.165, 1.54) is 13.3 Å². The second kappa shape index (κ2) is 5.13. The van der Waals surface area contributed by atoms with E-state index in [1.807, 2.05) is 6.07 Å². The topological polar surface area (TPSA) is 81.5 Å². The molecule has 2 aromatic rings. The summed E-state index contributed by atoms with van der Waals surface area (Å²) in [6, 6.07) is 8.80. The minimum absolute atomic E-state index is 0.0838. The van der Waals surface area contributed by atoms with Gasteiger partial charge in [0.05, 0.1) is 13.3 Å². The number of carbonyl (C=O) groups is 1. The fourth-order valence-corrected chi connectivity index (χ4v) is 1.35. The van der Waals surface area contributed by atoms with Gasteiger partial charge in [0.1, 0.15) is 5.75 Å². The Balaban J connectivity index is 2.39. The average molecular weight is 246 g/mol. The first-order valence-corrected chi connectivity index (χ1v) is 5.08. The van der Waals surface area contributed by atoms with Crippen LogP contribution in [0, 0.1) is 0 Å². The van der Waals surface area contributed by atoms with E-state index < -0.39 is 11.8 Å². The number of ether oxygens (including phenoxy) is 2. The van der Waals surface area contributed by atoms with Crippen LogP contribution in [0.3, 0.4) is 0 Å². The van der Waals surface area contributed by atoms with Crippen LogP contribution < -0.4 is 4.74 Å². The Hall–Kier alpha value is -2.63. The number of para-hydroxylation sites is 1. The normalized spacial score (nSPS) is 9.83. The van der Waals surface area contributed by atoms with Crippen LogP contribution in [0.15, 0.2) is 36.5 Å². The van der Waals surface area contributed by atoms with E-state index in [4.69, 9.17) is 4.74 Å². The fourth-order valence-electron chi connectivity index (χ4n) is 1.35. The molecule has 1 aromatic carbocycles. The van der Waals surface area contributed by atoms with E-state index in [1.54, 1.807) is 24.3 Å². The lowest BCUT2D eigenvalue weighted by Gasteiger charge is -2.09. The molecular weight excluding hydrogens is 236 g/mol. The molecule has 0 bridgehead atoms. The highest BCUT2D eigenvalue weighted by Crippen LogP contribution is 2.29. The third-order valence-electron chi connectivity index (χ3n) is 2.16. The van der Waals surface area contributed by atoms with Gasteiger partial charge in [-0.15, -0.1) is 5.10 Å². The van der Waals surface area contributed by atoms with Crippen molar-refractivity contribution in [2.75, 3.05) is 7.11 Å². The highest BCUT2D eigenvalue weighted by atomic mass is 16.5. The quantitative estimate of drug-likeness (QED) is 0.831. The summed E-state index contributed by atoms with van der Waals surface area (Å²) in [4.78, 5) is 11.5. The number of hydrogen-bond acceptors (Lipinski definition) is 6. The van der Waals surface area contributed by atoms with Gasteiger partial charge in [0.25, 0.3) is 0 Å². The zero-order chi connectivity index (χ0) is 13.0. The van der Waals surface area contributed by atoms with Gasteiger partial charge in [-0.1, -0.05) is 18.2 Å². The number of carbonyl (C=O) groups excluding carboxylic acids is 1. The highest BCUT2D eigenvalue weighted by molar-refractivity contribution is 5.94. The van der Waals surface area contributed by atoms with Crippen LogP contribution in [-0.2, 0) is 4.74 Å². The molecule has 6 heteroatoms. The summed E-state index contributed by atoms with van der Waals surface area (Å²) in [5.41, 5.74) is -0.156. The van der Waals surface area contributed by atoms with Gasteiger partial charge in [-0.05, 0) is 12.1 Å². The Bertz CT molecular complexity index is 557. The number of aromatic nitrogens is 2. The highest BCUT2D eigenvalue weighted by Gasteiger charge is 2.20. The maximum absolute atomic E-state index is 11.5. The molecule has 1 aromatic heterocycles. The molecule has 0 radical (unpaired) electrons. The molecule has 0 aliphatic rings. The molecule has 0 aliphatic carbocycles. The molecule has 0 atom stereocenters. The molecule has 0 saturated heterocycles. The Kier molecular flexibility index (Phi) is 3.38. The van der Waals surface area contributed by atoms with E-state index in [0.717, 1.165) is 0 Å². The predicted molar refractivity (Wildman–Crippen MR) is 61.6 cm³/mol. The molecule has 2 rings (SSSR count). The van der Waals surface area contributed by atoms with Crippen molar-refractivity contribution in [3.05, 3.63) is 42.1 Å². The molecule has 0 amide bonds. The molecular formula is C12H10N2O4. The first-order chi connectivity index (χ1) is 8.72. The summed E-state index contributed by atoms with van der Waals surface area (Å²) >= 11 is 0. The Morgan fingerprint density at radius 2 is 2.00 bits per heavy atom. The van der Waals surface area contributed by atoms with Crippen LogP contribution >= 0.6 is 0 Å². The zero-order valence-electron chi connectivity index (χ0n) is 9.53. The molecule has 18 heavy (non-hydrogen) atoms. The molecule has 0 aliphatic heterocycles. The van der Waals surface area contributed by atoms with Crippen molar-refractivity contribution in [2.24, 2.45) is 0 Å². The summed E-state index contributed by atoms with van der Waals surface area (Å²) in [6.45, 7) is 0. The summed E-state index contributed by atoms with van der Waals surface area (Å²) in [6.07, 6.45) is 1.24. The van der Waals surface area contributed by atoms with Crippen LogP contribution in [0.4, 0.5) is 0 Å². The van der Waals surface area contributed by atoms with Gasteiger partial charge in [-0.25, -0.2) is 4.79 Å². The lowest BCUT2D eigenvalue weighted by Crippen LogP contribution is -2.06. The number of esters is 1. The summed E-state index contributed by atoms with van der Waals surface area (Å²) in [7, 11) is 1.20. The predicted octanol–water partition coefficient (Wildman–Crippen LogP) is 1.76. The smallest absolute Gasteiger partial charge is 0.347 e. The number of rotatable bonds is 3. The van der Waals surface area contributed by atoms with Crippen molar-refractivity contribution >= 4 is 5.97 Å². The van der Waals surface area contributed by atoms with Crippen molar-refractivity contribution in [1.82, 2.24) is 10.2 Å². The van der Waals surface area contributed by atoms with Gasteiger partial charge in [0.15, 0.2) is 11.3 Å². The third kappa shape index (κ3) is 2.37. The van der Waals surface area contributed by atoms with Crippen LogP contribution in [0.1, 0.15) is 10.4 Å². The van der Waals surface area contributed by atoms with Crippen LogP contribution in [0.25, 0.3) is 0 Å². The van der Waals surface area contributed by atoms with Gasteiger partial charge in [0.2, 0.25) is 5.88 Å². The summed E-state index contributed by atoms with van der Waals surface area (Å²) in [5, 5.41) is 16.4. The maximum atomic E-state index is 11.5. The van der Waals surface area contributed by atoms with E-state index in [2.05, 4.69) is 14.9 Å².